The number of carbonyl (C=O) groups excluding carboxylic acids is 5. The lowest BCUT2D eigenvalue weighted by molar-refractivity contribution is -0.132. The fourth-order valence-corrected chi connectivity index (χ4v) is 16.9. The number of carbonyl (C=O) groups is 5. The summed E-state index contributed by atoms with van der Waals surface area (Å²) < 4.78 is 106. The molecule has 0 bridgehead atoms. The average Bonchev–Trinajstić information content (AvgIpc) is 1.67. The van der Waals surface area contributed by atoms with Crippen molar-refractivity contribution in [3.05, 3.63) is 55.1 Å². The first-order chi connectivity index (χ1) is 45.7. The number of ether oxygens (including phenoxy) is 6. The third kappa shape index (κ3) is 19.1. The van der Waals surface area contributed by atoms with Crippen LogP contribution < -0.4 is 37.6 Å². The van der Waals surface area contributed by atoms with E-state index in [0.29, 0.717) is 62.5 Å². The zero-order valence-electron chi connectivity index (χ0n) is 52.1. The summed E-state index contributed by atoms with van der Waals surface area (Å²) in [6.07, 6.45) is -2.68. The van der Waals surface area contributed by atoms with Crippen molar-refractivity contribution in [3.8, 4) is 5.88 Å². The number of nitrogens with zero attached hydrogens (tertiary/aromatic N) is 8. The predicted molar refractivity (Wildman–Crippen MR) is 339 cm³/mol. The Bertz CT molecular complexity index is 3550. The maximum Gasteiger partial charge on any atom is 0.472 e. The van der Waals surface area contributed by atoms with Gasteiger partial charge in [-0.2, -0.15) is 16.7 Å². The SMILES string of the molecule is CC(C)[C@H](NC(=O)CCOCCOCCOCCOCCNC(=O)CCCCC1SC[C@H]2NC(=O)N[C@@H]12)C(=O)N[C@@H](C)C(=O)Nc1ccc(CSP2(=O)OC[C@H]3O[C@@H](n4cnc5c(N)ncnc54)[C@H](F)[C@@H]3OP(=O)(O)OC[C@H]3O[C@@H](n4cnc5c(O)ncnc54)C[C@@H]3O2)cc1. The third-order valence-electron chi connectivity index (χ3n) is 15.9. The molecule has 34 nitrogen and oxygen atoms in total. The van der Waals surface area contributed by atoms with Gasteiger partial charge in [0.1, 0.15) is 60.9 Å². The number of unbranched alkanes of at least 4 members (excludes halogenated alkanes) is 1. The third-order valence-corrected chi connectivity index (χ3v) is 22.1. The molecule has 5 aliphatic rings. The van der Waals surface area contributed by atoms with Gasteiger partial charge in [0.2, 0.25) is 29.5 Å². The molecule has 3 unspecified atom stereocenters. The minimum Gasteiger partial charge on any atom is -0.492 e. The summed E-state index contributed by atoms with van der Waals surface area (Å²) in [5.41, 5.74) is 7.34. The lowest BCUT2D eigenvalue weighted by Crippen LogP contribution is -2.53. The number of nitrogens with one attached hydrogen (secondary N) is 6. The fourth-order valence-electron chi connectivity index (χ4n) is 11.0. The number of amides is 6. The zero-order chi connectivity index (χ0) is 67.2. The molecule has 6 amide bonds. The number of hydrogen-bond acceptors (Lipinski definition) is 27. The van der Waals surface area contributed by atoms with E-state index in [2.05, 4.69) is 61.8 Å². The number of rotatable bonds is 31. The Morgan fingerprint density at radius 2 is 1.47 bits per heavy atom. The summed E-state index contributed by atoms with van der Waals surface area (Å²) >= 11 is 2.62. The Labute approximate surface area is 552 Å². The standard InChI is InChI=1S/C56H78FN15O19P2S2/c1-31(2)44(69-41(74)12-14-82-16-18-84-20-21-85-19-17-83-15-13-59-40(73)7-5-4-6-39-45-35(26-94-39)68-56(78)70-45)54(77)66-32(3)52(75)67-34-10-8-33(9-11-34)25-95-93(81)87-24-38-48(43(57)55(89-38)72-30-64-46-49(58)60-27-61-50(46)72)91-92(79,80)86-23-37-36(90-93)22-42(88-37)71-29-65-47-51(71)62-28-63-53(47)76/h8-11,27-32,35-39,42-45,48,55H,4-7,12-26H2,1-3H3,(H,59,73)(H,66,77)(H,67,75)(H,69,74)(H,79,80)(H2,58,60,61)(H,62,63,76)(H2,68,70,78)/t32-,35+,36-,37+,38+,39?,42+,43+,44-,45+,48+,55+,93?/m0/s1. The second-order valence-electron chi connectivity index (χ2n) is 23.1. The Morgan fingerprint density at radius 1 is 0.789 bits per heavy atom. The van der Waals surface area contributed by atoms with Crippen LogP contribution in [0, 0.1) is 5.92 Å². The van der Waals surface area contributed by atoms with Gasteiger partial charge in [0, 0.05) is 48.3 Å². The minimum absolute atomic E-state index is 0.00237. The Morgan fingerprint density at radius 3 is 2.22 bits per heavy atom. The molecule has 5 aromatic rings. The molecule has 5 aliphatic heterocycles. The molecule has 9 heterocycles. The number of imidazole rings is 2. The van der Waals surface area contributed by atoms with Crippen LogP contribution >= 0.6 is 37.8 Å². The molecule has 0 aliphatic carbocycles. The topological polar surface area (TPSA) is 438 Å². The number of aromatic hydroxyl groups is 1. The van der Waals surface area contributed by atoms with Crippen LogP contribution in [-0.2, 0) is 80.6 Å². The van der Waals surface area contributed by atoms with Gasteiger partial charge in [0.25, 0.3) is 0 Å². The zero-order valence-corrected chi connectivity index (χ0v) is 55.6. The molecule has 5 fully saturated rings. The predicted octanol–water partition coefficient (Wildman–Crippen LogP) is 3.32. The summed E-state index contributed by atoms with van der Waals surface area (Å²) in [6, 6.07) is 4.72. The molecule has 0 radical (unpaired) electrons. The molecule has 1 aromatic carbocycles. The number of anilines is 2. The van der Waals surface area contributed by atoms with Gasteiger partial charge >= 0.3 is 20.7 Å². The quantitative estimate of drug-likeness (QED) is 0.0174. The van der Waals surface area contributed by atoms with Crippen LogP contribution in [0.2, 0.25) is 0 Å². The van der Waals surface area contributed by atoms with Crippen molar-refractivity contribution in [3.63, 3.8) is 0 Å². The molecular weight excluding hydrogens is 1330 g/mol. The maximum absolute atomic E-state index is 16.7. The van der Waals surface area contributed by atoms with E-state index in [9.17, 15) is 38.5 Å². The molecule has 14 atom stereocenters. The van der Waals surface area contributed by atoms with E-state index >= 15 is 8.96 Å². The number of halogens is 1. The number of phosphoric ester groups is 1. The highest BCUT2D eigenvalue weighted by atomic mass is 32.7. The van der Waals surface area contributed by atoms with Crippen molar-refractivity contribution in [2.75, 3.05) is 89.4 Å². The Hall–Kier alpha value is -6.28. The normalized spacial score (nSPS) is 27.4. The first kappa shape index (κ1) is 71.5. The van der Waals surface area contributed by atoms with Gasteiger partial charge in [0.15, 0.2) is 35.0 Å². The second-order valence-corrected chi connectivity index (χ2v) is 29.8. The van der Waals surface area contributed by atoms with Gasteiger partial charge in [0.05, 0.1) is 90.8 Å². The van der Waals surface area contributed by atoms with Crippen LogP contribution in [0.5, 0.6) is 5.88 Å². The number of hydrogen-bond donors (Lipinski definition) is 9. The van der Waals surface area contributed by atoms with Gasteiger partial charge in [-0.15, -0.1) is 0 Å². The van der Waals surface area contributed by atoms with Crippen molar-refractivity contribution >= 4 is 101 Å². The van der Waals surface area contributed by atoms with Crippen LogP contribution in [0.25, 0.3) is 22.3 Å². The van der Waals surface area contributed by atoms with E-state index in [1.54, 1.807) is 38.1 Å². The van der Waals surface area contributed by atoms with Gasteiger partial charge in [-0.05, 0) is 54.8 Å². The molecule has 5 saturated heterocycles. The Kier molecular flexibility index (Phi) is 25.1. The van der Waals surface area contributed by atoms with E-state index in [1.807, 2.05) is 11.8 Å². The fraction of sp³-hybridized carbons (Fsp3) is 0.625. The largest absolute Gasteiger partial charge is 0.492 e. The highest BCUT2D eigenvalue weighted by Gasteiger charge is 2.53. The summed E-state index contributed by atoms with van der Waals surface area (Å²) in [4.78, 5) is 98.9. The minimum atomic E-state index is -5.13. The monoisotopic (exact) mass is 1410 g/mol. The van der Waals surface area contributed by atoms with Gasteiger partial charge in [-0.3, -0.25) is 46.4 Å². The molecular formula is C56H78FN15O19P2S2. The summed E-state index contributed by atoms with van der Waals surface area (Å²) in [5, 5.41) is 27.7. The van der Waals surface area contributed by atoms with E-state index < -0.39 is 107 Å². The first-order valence-electron chi connectivity index (χ1n) is 30.9. The number of aromatic nitrogens is 8. The van der Waals surface area contributed by atoms with E-state index in [4.69, 9.17) is 52.2 Å². The van der Waals surface area contributed by atoms with E-state index in [1.165, 1.54) is 28.7 Å². The smallest absolute Gasteiger partial charge is 0.472 e. The van der Waals surface area contributed by atoms with Crippen LogP contribution in [0.1, 0.15) is 77.3 Å². The lowest BCUT2D eigenvalue weighted by Gasteiger charge is -2.28. The lowest BCUT2D eigenvalue weighted by atomic mass is 10.0. The van der Waals surface area contributed by atoms with Crippen LogP contribution in [-0.4, -0.2) is 217 Å². The van der Waals surface area contributed by atoms with Crippen molar-refractivity contribution < 1.29 is 94.0 Å². The van der Waals surface area contributed by atoms with Crippen molar-refractivity contribution in [1.82, 2.24) is 65.6 Å². The summed E-state index contributed by atoms with van der Waals surface area (Å²) in [5.74, 6) is -1.43. The molecule has 520 valence electrons. The van der Waals surface area contributed by atoms with E-state index in [0.717, 1.165) is 49.1 Å². The number of nitrogens with two attached hydrogens (primary N) is 1. The summed E-state index contributed by atoms with van der Waals surface area (Å²) in [7, 11) is -5.13. The number of thioether (sulfide) groups is 1. The van der Waals surface area contributed by atoms with Crippen molar-refractivity contribution in [2.45, 2.75) is 138 Å². The van der Waals surface area contributed by atoms with Crippen LogP contribution in [0.4, 0.5) is 20.7 Å². The highest BCUT2D eigenvalue weighted by Crippen LogP contribution is 2.65. The van der Waals surface area contributed by atoms with Gasteiger partial charge in [-0.25, -0.2) is 43.2 Å². The number of nitrogen functional groups attached to an aromatic ring is 1. The Balaban J connectivity index is 0.631. The van der Waals surface area contributed by atoms with Crippen molar-refractivity contribution in [1.29, 1.82) is 0 Å². The molecule has 39 heteroatoms. The number of benzene rings is 1. The molecule has 4 aromatic heterocycles. The van der Waals surface area contributed by atoms with Gasteiger partial charge in [-0.1, -0.05) is 32.4 Å². The molecule has 95 heavy (non-hydrogen) atoms. The second kappa shape index (κ2) is 33.3. The number of fused-ring (bicyclic) bond motifs is 5. The van der Waals surface area contributed by atoms with Gasteiger partial charge < -0.3 is 76.1 Å². The van der Waals surface area contributed by atoms with E-state index in [-0.39, 0.29) is 96.5 Å². The maximum atomic E-state index is 16.7. The summed E-state index contributed by atoms with van der Waals surface area (Å²) in [6.45, 7) is 1.90. The highest BCUT2D eigenvalue weighted by molar-refractivity contribution is 8.54. The van der Waals surface area contributed by atoms with Crippen LogP contribution in [0.3, 0.4) is 0 Å². The molecule has 0 spiro atoms. The molecule has 10 N–H and O–H groups in total. The molecule has 0 saturated carbocycles. The number of urea groups is 1. The van der Waals surface area contributed by atoms with Crippen molar-refractivity contribution in [2.24, 2.45) is 5.92 Å². The number of alkyl halides is 1. The number of phosphoric acid groups is 1. The molecule has 10 rings (SSSR count). The van der Waals surface area contributed by atoms with Crippen LogP contribution in [0.15, 0.2) is 49.6 Å². The first-order valence-corrected chi connectivity index (χ1v) is 36.6. The average molecular weight is 1410 g/mol.